The Labute approximate surface area is 127 Å². The van der Waals surface area contributed by atoms with Crippen LogP contribution in [0.15, 0.2) is 53.0 Å². The third-order valence-electron chi connectivity index (χ3n) is 3.03. The summed E-state index contributed by atoms with van der Waals surface area (Å²) < 4.78 is 13.9. The van der Waals surface area contributed by atoms with Gasteiger partial charge in [-0.25, -0.2) is 4.39 Å². The van der Waals surface area contributed by atoms with E-state index in [9.17, 15) is 4.39 Å². The van der Waals surface area contributed by atoms with E-state index in [2.05, 4.69) is 57.5 Å². The van der Waals surface area contributed by atoms with E-state index in [1.807, 2.05) is 0 Å². The Bertz CT molecular complexity index is 525. The van der Waals surface area contributed by atoms with Gasteiger partial charge < -0.3 is 10.2 Å². The van der Waals surface area contributed by atoms with Gasteiger partial charge in [0.1, 0.15) is 5.82 Å². The third-order valence-corrected chi connectivity index (χ3v) is 3.56. The van der Waals surface area contributed by atoms with Crippen LogP contribution in [0.5, 0.6) is 0 Å². The number of rotatable bonds is 6. The van der Waals surface area contributed by atoms with Gasteiger partial charge in [-0.05, 0) is 49.0 Å². The first-order valence-corrected chi connectivity index (χ1v) is 7.35. The van der Waals surface area contributed by atoms with Crippen LogP contribution in [0.1, 0.15) is 5.56 Å². The molecule has 4 heteroatoms. The lowest BCUT2D eigenvalue weighted by Gasteiger charge is -2.17. The number of likely N-dealkylation sites (N-methyl/N-ethyl adjacent to an activating group) is 1. The standard InChI is InChI=1S/C16H18BrFN2/c1-20(12-13-2-4-14(17)5-3-13)11-10-19-16-8-6-15(18)7-9-16/h2-9,19H,10-12H2,1H3. The Morgan fingerprint density at radius 2 is 1.70 bits per heavy atom. The first-order chi connectivity index (χ1) is 9.63. The molecule has 2 rings (SSSR count). The average molecular weight is 337 g/mol. The number of halogens is 2. The summed E-state index contributed by atoms with van der Waals surface area (Å²) in [6, 6.07) is 14.8. The molecule has 2 aromatic rings. The maximum absolute atomic E-state index is 12.8. The molecule has 0 aliphatic rings. The first kappa shape index (κ1) is 15.0. The van der Waals surface area contributed by atoms with Crippen LogP contribution in [0.4, 0.5) is 10.1 Å². The zero-order chi connectivity index (χ0) is 14.4. The van der Waals surface area contributed by atoms with Gasteiger partial charge in [-0.2, -0.15) is 0 Å². The molecule has 0 unspecified atom stereocenters. The SMILES string of the molecule is CN(CCNc1ccc(F)cc1)Cc1ccc(Br)cc1. The maximum Gasteiger partial charge on any atom is 0.123 e. The van der Waals surface area contributed by atoms with Crippen molar-refractivity contribution in [3.05, 3.63) is 64.4 Å². The Kier molecular flexibility index (Phi) is 5.56. The van der Waals surface area contributed by atoms with Gasteiger partial charge >= 0.3 is 0 Å². The second-order valence-corrected chi connectivity index (χ2v) is 5.71. The highest BCUT2D eigenvalue weighted by Gasteiger charge is 2.00. The highest BCUT2D eigenvalue weighted by atomic mass is 79.9. The van der Waals surface area contributed by atoms with Crippen LogP contribution in [0.3, 0.4) is 0 Å². The van der Waals surface area contributed by atoms with Crippen molar-refractivity contribution < 1.29 is 4.39 Å². The van der Waals surface area contributed by atoms with E-state index < -0.39 is 0 Å². The molecular formula is C16H18BrFN2. The molecule has 0 saturated carbocycles. The van der Waals surface area contributed by atoms with E-state index in [0.717, 1.165) is 29.8 Å². The van der Waals surface area contributed by atoms with Gasteiger partial charge in [-0.3, -0.25) is 0 Å². The molecule has 0 radical (unpaired) electrons. The fraction of sp³-hybridized carbons (Fsp3) is 0.250. The number of benzene rings is 2. The minimum Gasteiger partial charge on any atom is -0.384 e. The van der Waals surface area contributed by atoms with Gasteiger partial charge in [0.15, 0.2) is 0 Å². The molecule has 0 saturated heterocycles. The van der Waals surface area contributed by atoms with Gasteiger partial charge in [0.05, 0.1) is 0 Å². The monoisotopic (exact) mass is 336 g/mol. The lowest BCUT2D eigenvalue weighted by atomic mass is 10.2. The zero-order valence-corrected chi connectivity index (χ0v) is 13.0. The smallest absolute Gasteiger partial charge is 0.123 e. The average Bonchev–Trinajstić information content (AvgIpc) is 2.44. The summed E-state index contributed by atoms with van der Waals surface area (Å²) in [7, 11) is 2.09. The number of nitrogens with zero attached hydrogens (tertiary/aromatic N) is 1. The van der Waals surface area contributed by atoms with Crippen LogP contribution in [0.2, 0.25) is 0 Å². The van der Waals surface area contributed by atoms with Crippen LogP contribution < -0.4 is 5.32 Å². The van der Waals surface area contributed by atoms with E-state index in [1.54, 1.807) is 12.1 Å². The van der Waals surface area contributed by atoms with Crippen LogP contribution >= 0.6 is 15.9 Å². The van der Waals surface area contributed by atoms with E-state index in [1.165, 1.54) is 17.7 Å². The van der Waals surface area contributed by atoms with E-state index in [-0.39, 0.29) is 5.82 Å². The Hall–Kier alpha value is -1.39. The van der Waals surface area contributed by atoms with Crippen molar-refractivity contribution in [3.8, 4) is 0 Å². The predicted molar refractivity (Wildman–Crippen MR) is 85.4 cm³/mol. The van der Waals surface area contributed by atoms with Gasteiger partial charge in [0.2, 0.25) is 0 Å². The van der Waals surface area contributed by atoms with Crippen LogP contribution in [-0.2, 0) is 6.54 Å². The lowest BCUT2D eigenvalue weighted by Crippen LogP contribution is -2.24. The third kappa shape index (κ3) is 4.94. The molecule has 0 aliphatic carbocycles. The molecule has 20 heavy (non-hydrogen) atoms. The summed E-state index contributed by atoms with van der Waals surface area (Å²) in [6.45, 7) is 2.67. The van der Waals surface area contributed by atoms with Crippen molar-refractivity contribution in [2.75, 3.05) is 25.5 Å². The molecule has 2 nitrogen and oxygen atoms in total. The van der Waals surface area contributed by atoms with Crippen LogP contribution in [0.25, 0.3) is 0 Å². The van der Waals surface area contributed by atoms with Crippen molar-refractivity contribution in [1.29, 1.82) is 0 Å². The molecule has 1 N–H and O–H groups in total. The molecule has 0 aromatic heterocycles. The quantitative estimate of drug-likeness (QED) is 0.853. The number of hydrogen-bond acceptors (Lipinski definition) is 2. The minimum absolute atomic E-state index is 0.206. The maximum atomic E-state index is 12.8. The first-order valence-electron chi connectivity index (χ1n) is 6.56. The summed E-state index contributed by atoms with van der Waals surface area (Å²) in [5, 5.41) is 3.28. The van der Waals surface area contributed by atoms with E-state index in [4.69, 9.17) is 0 Å². The molecule has 0 bridgehead atoms. The molecule has 0 spiro atoms. The Balaban J connectivity index is 1.73. The lowest BCUT2D eigenvalue weighted by molar-refractivity contribution is 0.340. The second-order valence-electron chi connectivity index (χ2n) is 4.80. The largest absolute Gasteiger partial charge is 0.384 e. The van der Waals surface area contributed by atoms with Gasteiger partial charge in [-0.1, -0.05) is 28.1 Å². The highest BCUT2D eigenvalue weighted by Crippen LogP contribution is 2.12. The topological polar surface area (TPSA) is 15.3 Å². The van der Waals surface area contributed by atoms with Gasteiger partial charge in [0, 0.05) is 29.8 Å². The minimum atomic E-state index is -0.206. The molecule has 0 heterocycles. The van der Waals surface area contributed by atoms with E-state index in [0.29, 0.717) is 0 Å². The number of anilines is 1. The molecule has 0 aliphatic heterocycles. The predicted octanol–water partition coefficient (Wildman–Crippen LogP) is 4.13. The van der Waals surface area contributed by atoms with Crippen molar-refractivity contribution in [2.45, 2.75) is 6.54 Å². The van der Waals surface area contributed by atoms with Crippen molar-refractivity contribution in [1.82, 2.24) is 4.90 Å². The van der Waals surface area contributed by atoms with Crippen molar-refractivity contribution in [3.63, 3.8) is 0 Å². The van der Waals surface area contributed by atoms with Gasteiger partial charge in [-0.15, -0.1) is 0 Å². The van der Waals surface area contributed by atoms with Crippen LogP contribution in [-0.4, -0.2) is 25.0 Å². The molecule has 0 atom stereocenters. The highest BCUT2D eigenvalue weighted by molar-refractivity contribution is 9.10. The molecule has 0 amide bonds. The summed E-state index contributed by atoms with van der Waals surface area (Å²) >= 11 is 3.43. The van der Waals surface area contributed by atoms with E-state index >= 15 is 0 Å². The molecule has 0 fully saturated rings. The fourth-order valence-corrected chi connectivity index (χ4v) is 2.20. The van der Waals surface area contributed by atoms with Crippen molar-refractivity contribution in [2.24, 2.45) is 0 Å². The summed E-state index contributed by atoms with van der Waals surface area (Å²) in [5.74, 6) is -0.206. The second kappa shape index (κ2) is 7.41. The summed E-state index contributed by atoms with van der Waals surface area (Å²) in [4.78, 5) is 2.25. The number of nitrogens with one attached hydrogen (secondary N) is 1. The summed E-state index contributed by atoms with van der Waals surface area (Å²) in [6.07, 6.45) is 0. The summed E-state index contributed by atoms with van der Waals surface area (Å²) in [5.41, 5.74) is 2.24. The Morgan fingerprint density at radius 1 is 1.05 bits per heavy atom. The zero-order valence-electron chi connectivity index (χ0n) is 11.4. The number of hydrogen-bond donors (Lipinski definition) is 1. The normalized spacial score (nSPS) is 10.8. The molecular weight excluding hydrogens is 319 g/mol. The van der Waals surface area contributed by atoms with Crippen molar-refractivity contribution >= 4 is 21.6 Å². The Morgan fingerprint density at radius 3 is 2.35 bits per heavy atom. The fourth-order valence-electron chi connectivity index (χ4n) is 1.94. The van der Waals surface area contributed by atoms with Gasteiger partial charge in [0.25, 0.3) is 0 Å². The molecule has 2 aromatic carbocycles. The van der Waals surface area contributed by atoms with Crippen LogP contribution in [0, 0.1) is 5.82 Å². The molecule has 106 valence electrons.